The van der Waals surface area contributed by atoms with E-state index in [0.29, 0.717) is 22.9 Å². The summed E-state index contributed by atoms with van der Waals surface area (Å²) in [6.45, 7) is 20.5. The molecule has 2 aliphatic heterocycles. The minimum atomic E-state index is -0.334. The normalized spacial score (nSPS) is 18.8. The second kappa shape index (κ2) is 15.9. The average molecular weight is 508 g/mol. The molecule has 1 unspecified atom stereocenters. The predicted octanol–water partition coefficient (Wildman–Crippen LogP) is 6.90. The minimum Gasteiger partial charge on any atom is -0.320 e. The van der Waals surface area contributed by atoms with E-state index in [1.54, 1.807) is 24.1 Å². The fraction of sp³-hybridized carbons (Fsp3) is 0.654. The molecule has 0 bridgehead atoms. The van der Waals surface area contributed by atoms with E-state index in [0.717, 1.165) is 37.4 Å². The highest BCUT2D eigenvalue weighted by atomic mass is 32.2. The molecule has 3 heterocycles. The molecule has 2 aromatic rings. The van der Waals surface area contributed by atoms with Crippen LogP contribution in [0.5, 0.6) is 0 Å². The summed E-state index contributed by atoms with van der Waals surface area (Å²) in [5.74, 6) is 0.738. The van der Waals surface area contributed by atoms with Crippen LogP contribution in [0.1, 0.15) is 86.4 Å². The van der Waals surface area contributed by atoms with Crippen LogP contribution in [0.2, 0.25) is 0 Å². The molecule has 1 atom stereocenters. The summed E-state index contributed by atoms with van der Waals surface area (Å²) in [6.07, 6.45) is 4.79. The van der Waals surface area contributed by atoms with Crippen LogP contribution in [0.3, 0.4) is 0 Å². The van der Waals surface area contributed by atoms with Crippen molar-refractivity contribution in [3.8, 4) is 0 Å². The molecule has 2 fully saturated rings. The van der Waals surface area contributed by atoms with Crippen molar-refractivity contribution in [3.63, 3.8) is 0 Å². The quantitative estimate of drug-likeness (QED) is 0.224. The van der Waals surface area contributed by atoms with Gasteiger partial charge in [0.05, 0.1) is 5.69 Å². The Labute approximate surface area is 216 Å². The Morgan fingerprint density at radius 2 is 1.91 bits per heavy atom. The van der Waals surface area contributed by atoms with Crippen molar-refractivity contribution >= 4 is 29.9 Å². The molecular formula is C26H46FN7S. The number of nitrogens with one attached hydrogen (secondary N) is 3. The third kappa shape index (κ3) is 8.88. The van der Waals surface area contributed by atoms with Crippen molar-refractivity contribution in [1.29, 1.82) is 5.41 Å². The van der Waals surface area contributed by atoms with Gasteiger partial charge in [0.2, 0.25) is 5.95 Å². The van der Waals surface area contributed by atoms with Gasteiger partial charge in [0, 0.05) is 30.4 Å². The topological polar surface area (TPSA) is 81.9 Å². The Balaban J connectivity index is 0.000000797. The summed E-state index contributed by atoms with van der Waals surface area (Å²) >= 11 is 1.63. The molecule has 198 valence electrons. The first-order valence-electron chi connectivity index (χ1n) is 13.1. The monoisotopic (exact) mass is 507 g/mol. The summed E-state index contributed by atoms with van der Waals surface area (Å²) in [4.78, 5) is 5.26. The first-order chi connectivity index (χ1) is 16.9. The number of hydrogen-bond acceptors (Lipinski definition) is 7. The van der Waals surface area contributed by atoms with Crippen LogP contribution in [0.4, 0.5) is 16.0 Å². The molecular weight excluding hydrogens is 461 g/mol. The third-order valence-electron chi connectivity index (χ3n) is 5.45. The van der Waals surface area contributed by atoms with E-state index < -0.39 is 0 Å². The summed E-state index contributed by atoms with van der Waals surface area (Å²) in [6, 6.07) is 5.20. The van der Waals surface area contributed by atoms with Gasteiger partial charge in [-0.05, 0) is 54.9 Å². The number of halogens is 1. The molecule has 0 amide bonds. The molecule has 9 heteroatoms. The van der Waals surface area contributed by atoms with Crippen LogP contribution in [0.15, 0.2) is 23.1 Å². The molecule has 0 radical (unpaired) electrons. The van der Waals surface area contributed by atoms with Crippen LogP contribution in [-0.4, -0.2) is 51.6 Å². The smallest absolute Gasteiger partial charge is 0.247 e. The molecule has 35 heavy (non-hydrogen) atoms. The minimum absolute atomic E-state index is 0.118. The van der Waals surface area contributed by atoms with Crippen molar-refractivity contribution in [2.24, 2.45) is 5.41 Å². The lowest BCUT2D eigenvalue weighted by molar-refractivity contribution is 0.346. The maximum Gasteiger partial charge on any atom is 0.247 e. The Kier molecular flexibility index (Phi) is 14.1. The Bertz CT molecular complexity index is 879. The van der Waals surface area contributed by atoms with Crippen LogP contribution < -0.4 is 10.6 Å². The molecule has 3 N–H and O–H groups in total. The fourth-order valence-electron chi connectivity index (χ4n) is 3.92. The van der Waals surface area contributed by atoms with E-state index in [2.05, 4.69) is 38.9 Å². The van der Waals surface area contributed by atoms with Crippen molar-refractivity contribution in [2.45, 2.75) is 85.5 Å². The number of nitrogens with zero attached hydrogens (tertiary/aromatic N) is 4. The van der Waals surface area contributed by atoms with Gasteiger partial charge >= 0.3 is 0 Å². The van der Waals surface area contributed by atoms with Crippen molar-refractivity contribution in [3.05, 3.63) is 29.8 Å². The number of benzene rings is 1. The lowest BCUT2D eigenvalue weighted by atomic mass is 9.87. The van der Waals surface area contributed by atoms with E-state index in [1.807, 2.05) is 47.6 Å². The first kappa shape index (κ1) is 31.1. The average Bonchev–Trinajstić information content (AvgIpc) is 3.60. The van der Waals surface area contributed by atoms with E-state index in [4.69, 9.17) is 5.41 Å². The lowest BCUT2D eigenvalue weighted by Crippen LogP contribution is -2.26. The Hall–Kier alpha value is -1.97. The van der Waals surface area contributed by atoms with Gasteiger partial charge in [0.1, 0.15) is 18.0 Å². The van der Waals surface area contributed by atoms with Crippen molar-refractivity contribution in [1.82, 2.24) is 24.4 Å². The van der Waals surface area contributed by atoms with Gasteiger partial charge in [-0.2, -0.15) is 4.98 Å². The molecule has 1 aromatic carbocycles. The summed E-state index contributed by atoms with van der Waals surface area (Å²) in [5, 5.41) is 18.0. The number of hydrogen-bond donors (Lipinski definition) is 3. The van der Waals surface area contributed by atoms with Crippen molar-refractivity contribution in [2.75, 3.05) is 31.5 Å². The summed E-state index contributed by atoms with van der Waals surface area (Å²) < 4.78 is 18.4. The molecule has 7 nitrogen and oxygen atoms in total. The van der Waals surface area contributed by atoms with Gasteiger partial charge in [-0.1, -0.05) is 61.8 Å². The standard InChI is InChI=1S/C19H26FN7S.C3H8.2C2H6/c1-13(2)17-24-18(25-27(17)12-21)23-16-4-3-14(9-15(16)20)28-26-8-6-19(11-26)5-7-22-10-19;1-3-2;2*1-2/h3-4,9,12-13,21-22H,5-8,10-11H2,1-2H3,(H,23,25);3H2,1-2H3;2*1-2H3. The predicted molar refractivity (Wildman–Crippen MR) is 149 cm³/mol. The van der Waals surface area contributed by atoms with Crippen molar-refractivity contribution < 1.29 is 4.39 Å². The van der Waals surface area contributed by atoms with Gasteiger partial charge in [-0.25, -0.2) is 13.4 Å². The molecule has 4 rings (SSSR count). The van der Waals surface area contributed by atoms with Gasteiger partial charge < -0.3 is 10.6 Å². The second-order valence-electron chi connectivity index (χ2n) is 8.63. The molecule has 2 saturated heterocycles. The van der Waals surface area contributed by atoms with Gasteiger partial charge in [-0.3, -0.25) is 5.41 Å². The number of aromatic nitrogens is 3. The van der Waals surface area contributed by atoms with Gasteiger partial charge in [0.15, 0.2) is 0 Å². The van der Waals surface area contributed by atoms with E-state index in [1.165, 1.54) is 23.9 Å². The zero-order valence-corrected chi connectivity index (χ0v) is 23.7. The SMILES string of the molecule is CC.CC.CC(C)c1nc(Nc2ccc(SN3CCC4(CCNC4)C3)cc2F)nn1C=N.CCC. The highest BCUT2D eigenvalue weighted by molar-refractivity contribution is 7.97. The highest BCUT2D eigenvalue weighted by Crippen LogP contribution is 2.40. The number of anilines is 2. The van der Waals surface area contributed by atoms with Crippen LogP contribution in [-0.2, 0) is 0 Å². The van der Waals surface area contributed by atoms with Crippen LogP contribution >= 0.6 is 11.9 Å². The first-order valence-corrected chi connectivity index (χ1v) is 13.8. The Morgan fingerprint density at radius 3 is 2.43 bits per heavy atom. The molecule has 2 aliphatic rings. The zero-order valence-electron chi connectivity index (χ0n) is 22.9. The lowest BCUT2D eigenvalue weighted by Gasteiger charge is -2.22. The van der Waals surface area contributed by atoms with Crippen LogP contribution in [0, 0.1) is 16.6 Å². The van der Waals surface area contributed by atoms with E-state index >= 15 is 0 Å². The maximum absolute atomic E-state index is 14.6. The third-order valence-corrected chi connectivity index (χ3v) is 6.49. The van der Waals surface area contributed by atoms with Gasteiger partial charge in [-0.15, -0.1) is 5.10 Å². The fourth-order valence-corrected chi connectivity index (χ4v) is 5.02. The van der Waals surface area contributed by atoms with Gasteiger partial charge in [0.25, 0.3) is 0 Å². The maximum atomic E-state index is 14.6. The van der Waals surface area contributed by atoms with E-state index in [9.17, 15) is 4.39 Å². The largest absolute Gasteiger partial charge is 0.320 e. The zero-order chi connectivity index (χ0) is 26.4. The summed E-state index contributed by atoms with van der Waals surface area (Å²) in [7, 11) is 0. The molecule has 0 aliphatic carbocycles. The van der Waals surface area contributed by atoms with E-state index in [-0.39, 0.29) is 11.7 Å². The Morgan fingerprint density at radius 1 is 1.23 bits per heavy atom. The number of rotatable bonds is 6. The molecule has 0 saturated carbocycles. The second-order valence-corrected chi connectivity index (χ2v) is 9.80. The molecule has 1 spiro atoms. The molecule has 1 aromatic heterocycles. The highest BCUT2D eigenvalue weighted by Gasteiger charge is 2.40. The van der Waals surface area contributed by atoms with Crippen LogP contribution in [0.25, 0.3) is 0 Å². The summed E-state index contributed by atoms with van der Waals surface area (Å²) in [5.41, 5.74) is 0.736.